The number of rotatable bonds is 3. The van der Waals surface area contributed by atoms with E-state index < -0.39 is 0 Å². The van der Waals surface area contributed by atoms with E-state index in [4.69, 9.17) is 5.73 Å². The maximum absolute atomic E-state index is 5.75. The lowest BCUT2D eigenvalue weighted by Crippen LogP contribution is -2.38. The highest BCUT2D eigenvalue weighted by atomic mass is 15.2. The lowest BCUT2D eigenvalue weighted by molar-refractivity contribution is 0.152. The standard InChI is InChI=1S/C13H26N2/c1-11(13-5-3-2-4-6-13)15-8-7-12(9-14)10-15/h11-13H,2-10,14H2,1H3. The quantitative estimate of drug-likeness (QED) is 0.774. The lowest BCUT2D eigenvalue weighted by atomic mass is 9.84. The second-order valence-electron chi connectivity index (χ2n) is 5.52. The van der Waals surface area contributed by atoms with Crippen LogP contribution in [0.4, 0.5) is 0 Å². The third-order valence-corrected chi connectivity index (χ3v) is 4.56. The van der Waals surface area contributed by atoms with Crippen LogP contribution in [0.25, 0.3) is 0 Å². The molecule has 1 saturated heterocycles. The molecule has 1 saturated carbocycles. The van der Waals surface area contributed by atoms with E-state index in [-0.39, 0.29) is 0 Å². The molecule has 1 heterocycles. The van der Waals surface area contributed by atoms with Crippen LogP contribution in [0.15, 0.2) is 0 Å². The van der Waals surface area contributed by atoms with Gasteiger partial charge in [-0.25, -0.2) is 0 Å². The summed E-state index contributed by atoms with van der Waals surface area (Å²) in [6.07, 6.45) is 8.64. The Labute approximate surface area is 94.2 Å². The van der Waals surface area contributed by atoms with Crippen molar-refractivity contribution in [2.75, 3.05) is 19.6 Å². The molecule has 2 nitrogen and oxygen atoms in total. The molecular formula is C13H26N2. The SMILES string of the molecule is CC(C1CCCCC1)N1CCC(CN)C1. The molecule has 0 spiro atoms. The molecular weight excluding hydrogens is 184 g/mol. The van der Waals surface area contributed by atoms with Gasteiger partial charge in [0.15, 0.2) is 0 Å². The van der Waals surface area contributed by atoms with Crippen LogP contribution in [0.1, 0.15) is 45.4 Å². The summed E-state index contributed by atoms with van der Waals surface area (Å²) in [6.45, 7) is 5.87. The molecule has 0 aromatic rings. The van der Waals surface area contributed by atoms with Crippen LogP contribution in [0, 0.1) is 11.8 Å². The largest absolute Gasteiger partial charge is 0.330 e. The highest BCUT2D eigenvalue weighted by molar-refractivity contribution is 4.84. The third kappa shape index (κ3) is 2.73. The van der Waals surface area contributed by atoms with E-state index in [1.165, 1.54) is 51.6 Å². The Kier molecular flexibility index (Phi) is 4.04. The van der Waals surface area contributed by atoms with E-state index in [0.29, 0.717) is 0 Å². The molecule has 15 heavy (non-hydrogen) atoms. The first-order valence-corrected chi connectivity index (χ1v) is 6.75. The number of hydrogen-bond donors (Lipinski definition) is 1. The molecule has 2 aliphatic rings. The van der Waals surface area contributed by atoms with Gasteiger partial charge < -0.3 is 10.6 Å². The molecule has 0 radical (unpaired) electrons. The summed E-state index contributed by atoms with van der Waals surface area (Å²) in [4.78, 5) is 2.69. The van der Waals surface area contributed by atoms with Crippen LogP contribution < -0.4 is 5.73 Å². The van der Waals surface area contributed by atoms with Crippen LogP contribution in [-0.2, 0) is 0 Å². The Morgan fingerprint density at radius 3 is 2.53 bits per heavy atom. The topological polar surface area (TPSA) is 29.3 Å². The smallest absolute Gasteiger partial charge is 0.00953 e. The zero-order valence-corrected chi connectivity index (χ0v) is 10.1. The zero-order chi connectivity index (χ0) is 10.7. The predicted octanol–water partition coefficient (Wildman–Crippen LogP) is 2.24. The van der Waals surface area contributed by atoms with Gasteiger partial charge in [0.1, 0.15) is 0 Å². The fourth-order valence-electron chi connectivity index (χ4n) is 3.34. The summed E-state index contributed by atoms with van der Waals surface area (Å²) < 4.78 is 0. The summed E-state index contributed by atoms with van der Waals surface area (Å²) in [5.74, 6) is 1.74. The van der Waals surface area contributed by atoms with Crippen LogP contribution in [0.5, 0.6) is 0 Å². The van der Waals surface area contributed by atoms with Crippen molar-refractivity contribution in [3.05, 3.63) is 0 Å². The maximum Gasteiger partial charge on any atom is 0.00953 e. The van der Waals surface area contributed by atoms with Gasteiger partial charge in [0, 0.05) is 12.6 Å². The van der Waals surface area contributed by atoms with Crippen molar-refractivity contribution in [2.45, 2.75) is 51.5 Å². The molecule has 2 heteroatoms. The molecule has 0 bridgehead atoms. The fraction of sp³-hybridized carbons (Fsp3) is 1.00. The Morgan fingerprint density at radius 1 is 1.20 bits per heavy atom. The molecule has 2 unspecified atom stereocenters. The molecule has 2 N–H and O–H groups in total. The molecule has 2 rings (SSSR count). The predicted molar refractivity (Wildman–Crippen MR) is 64.8 cm³/mol. The van der Waals surface area contributed by atoms with E-state index in [1.807, 2.05) is 0 Å². The van der Waals surface area contributed by atoms with Crippen molar-refractivity contribution in [2.24, 2.45) is 17.6 Å². The first kappa shape index (κ1) is 11.4. The molecule has 88 valence electrons. The van der Waals surface area contributed by atoms with Crippen molar-refractivity contribution < 1.29 is 0 Å². The minimum Gasteiger partial charge on any atom is -0.330 e. The van der Waals surface area contributed by atoms with Crippen LogP contribution in [-0.4, -0.2) is 30.6 Å². The third-order valence-electron chi connectivity index (χ3n) is 4.56. The van der Waals surface area contributed by atoms with Crippen molar-refractivity contribution in [1.82, 2.24) is 4.90 Å². The van der Waals surface area contributed by atoms with Crippen molar-refractivity contribution >= 4 is 0 Å². The minimum absolute atomic E-state index is 0.774. The molecule has 1 aliphatic carbocycles. The second kappa shape index (κ2) is 5.31. The molecule has 2 atom stereocenters. The monoisotopic (exact) mass is 210 g/mol. The Bertz CT molecular complexity index is 187. The Morgan fingerprint density at radius 2 is 1.93 bits per heavy atom. The van der Waals surface area contributed by atoms with Crippen LogP contribution in [0.2, 0.25) is 0 Å². The van der Waals surface area contributed by atoms with E-state index in [0.717, 1.165) is 24.4 Å². The minimum atomic E-state index is 0.774. The summed E-state index contributed by atoms with van der Waals surface area (Å²) in [6, 6.07) is 0.807. The number of nitrogens with two attached hydrogens (primary N) is 1. The second-order valence-corrected chi connectivity index (χ2v) is 5.52. The molecule has 1 aliphatic heterocycles. The summed E-state index contributed by atoms with van der Waals surface area (Å²) in [7, 11) is 0. The normalized spacial score (nSPS) is 32.0. The van der Waals surface area contributed by atoms with Crippen molar-refractivity contribution in [3.63, 3.8) is 0 Å². The highest BCUT2D eigenvalue weighted by Crippen LogP contribution is 2.31. The van der Waals surface area contributed by atoms with Gasteiger partial charge in [-0.15, -0.1) is 0 Å². The van der Waals surface area contributed by atoms with Crippen molar-refractivity contribution in [3.8, 4) is 0 Å². The van der Waals surface area contributed by atoms with Gasteiger partial charge in [0.05, 0.1) is 0 Å². The van der Waals surface area contributed by atoms with Crippen LogP contribution in [0.3, 0.4) is 0 Å². The molecule has 0 amide bonds. The Balaban J connectivity index is 1.82. The molecule has 0 aromatic heterocycles. The van der Waals surface area contributed by atoms with E-state index >= 15 is 0 Å². The average molecular weight is 210 g/mol. The van der Waals surface area contributed by atoms with Gasteiger partial charge in [-0.3, -0.25) is 0 Å². The van der Waals surface area contributed by atoms with Gasteiger partial charge in [0.25, 0.3) is 0 Å². The summed E-state index contributed by atoms with van der Waals surface area (Å²) in [5, 5.41) is 0. The fourth-order valence-corrected chi connectivity index (χ4v) is 3.34. The molecule has 0 aromatic carbocycles. The molecule has 2 fully saturated rings. The number of hydrogen-bond acceptors (Lipinski definition) is 2. The van der Waals surface area contributed by atoms with Gasteiger partial charge in [-0.2, -0.15) is 0 Å². The summed E-state index contributed by atoms with van der Waals surface area (Å²) in [5.41, 5.74) is 5.75. The van der Waals surface area contributed by atoms with E-state index in [2.05, 4.69) is 11.8 Å². The van der Waals surface area contributed by atoms with Crippen LogP contribution >= 0.6 is 0 Å². The van der Waals surface area contributed by atoms with E-state index in [1.54, 1.807) is 0 Å². The number of likely N-dealkylation sites (tertiary alicyclic amines) is 1. The highest BCUT2D eigenvalue weighted by Gasteiger charge is 2.30. The van der Waals surface area contributed by atoms with Gasteiger partial charge in [-0.05, 0) is 51.1 Å². The summed E-state index contributed by atoms with van der Waals surface area (Å²) >= 11 is 0. The maximum atomic E-state index is 5.75. The van der Waals surface area contributed by atoms with Gasteiger partial charge in [-0.1, -0.05) is 19.3 Å². The average Bonchev–Trinajstić information content (AvgIpc) is 2.78. The first-order chi connectivity index (χ1) is 7.31. The van der Waals surface area contributed by atoms with E-state index in [9.17, 15) is 0 Å². The van der Waals surface area contributed by atoms with Gasteiger partial charge >= 0.3 is 0 Å². The zero-order valence-electron chi connectivity index (χ0n) is 10.1. The number of nitrogens with zero attached hydrogens (tertiary/aromatic N) is 1. The lowest BCUT2D eigenvalue weighted by Gasteiger charge is -2.34. The van der Waals surface area contributed by atoms with Gasteiger partial charge in [0.2, 0.25) is 0 Å². The van der Waals surface area contributed by atoms with Crippen molar-refractivity contribution in [1.29, 1.82) is 0 Å². The first-order valence-electron chi connectivity index (χ1n) is 6.75. The Hall–Kier alpha value is -0.0800.